The Kier molecular flexibility index (Phi) is 5.77. The Bertz CT molecular complexity index is 971. The molecule has 5 heteroatoms. The van der Waals surface area contributed by atoms with Gasteiger partial charge >= 0.3 is 5.97 Å². The number of hydrogen-bond acceptors (Lipinski definition) is 3. The zero-order chi connectivity index (χ0) is 19.4. The first-order chi connectivity index (χ1) is 13.0. The third-order valence-corrected chi connectivity index (χ3v) is 4.54. The summed E-state index contributed by atoms with van der Waals surface area (Å²) in [6.07, 6.45) is 1.86. The lowest BCUT2D eigenvalue weighted by atomic mass is 10.2. The number of esters is 1. The molecule has 0 radical (unpaired) electrons. The van der Waals surface area contributed by atoms with Gasteiger partial charge in [-0.1, -0.05) is 11.6 Å². The molecule has 138 valence electrons. The van der Waals surface area contributed by atoms with Crippen LogP contribution in [0.5, 0.6) is 0 Å². The Hall–Kier alpha value is -2.85. The maximum atomic E-state index is 11.8. The van der Waals surface area contributed by atoms with Crippen LogP contribution >= 0.6 is 11.6 Å². The van der Waals surface area contributed by atoms with E-state index in [1.54, 1.807) is 19.1 Å². The van der Waals surface area contributed by atoms with Crippen molar-refractivity contribution in [1.82, 2.24) is 4.57 Å². The number of aryl methyl sites for hydroxylation is 1. The van der Waals surface area contributed by atoms with Gasteiger partial charge in [0, 0.05) is 33.9 Å². The van der Waals surface area contributed by atoms with Gasteiger partial charge in [0.05, 0.1) is 17.9 Å². The Morgan fingerprint density at radius 1 is 1.11 bits per heavy atom. The van der Waals surface area contributed by atoms with E-state index in [0.717, 1.165) is 28.3 Å². The fraction of sp³-hybridized carbons (Fsp3) is 0.182. The first kappa shape index (κ1) is 18.9. The highest BCUT2D eigenvalue weighted by molar-refractivity contribution is 6.30. The van der Waals surface area contributed by atoms with Crippen molar-refractivity contribution in [2.45, 2.75) is 20.8 Å². The van der Waals surface area contributed by atoms with Gasteiger partial charge in [0.1, 0.15) is 0 Å². The van der Waals surface area contributed by atoms with Gasteiger partial charge in [-0.2, -0.15) is 0 Å². The van der Waals surface area contributed by atoms with Gasteiger partial charge in [-0.15, -0.1) is 0 Å². The zero-order valence-corrected chi connectivity index (χ0v) is 16.3. The maximum absolute atomic E-state index is 11.8. The highest BCUT2D eigenvalue weighted by Crippen LogP contribution is 2.22. The summed E-state index contributed by atoms with van der Waals surface area (Å²) < 4.78 is 7.17. The molecule has 1 aromatic heterocycles. The minimum atomic E-state index is -0.305. The molecule has 0 atom stereocenters. The molecule has 0 N–H and O–H groups in total. The molecule has 0 saturated heterocycles. The van der Waals surface area contributed by atoms with E-state index in [-0.39, 0.29) is 5.97 Å². The van der Waals surface area contributed by atoms with Gasteiger partial charge < -0.3 is 9.30 Å². The Morgan fingerprint density at radius 3 is 2.41 bits per heavy atom. The number of hydrogen-bond donors (Lipinski definition) is 0. The molecule has 0 bridgehead atoms. The minimum absolute atomic E-state index is 0.305. The lowest BCUT2D eigenvalue weighted by molar-refractivity contribution is 0.0526. The first-order valence-corrected chi connectivity index (χ1v) is 9.13. The van der Waals surface area contributed by atoms with E-state index < -0.39 is 0 Å². The monoisotopic (exact) mass is 380 g/mol. The lowest BCUT2D eigenvalue weighted by Gasteiger charge is -2.10. The van der Waals surface area contributed by atoms with E-state index in [1.165, 1.54) is 0 Å². The molecule has 0 spiro atoms. The number of nitrogens with zero attached hydrogens (tertiary/aromatic N) is 2. The molecule has 0 unspecified atom stereocenters. The van der Waals surface area contributed by atoms with Crippen molar-refractivity contribution in [2.24, 2.45) is 4.99 Å². The number of aliphatic imine (C=N–C) groups is 1. The Morgan fingerprint density at radius 2 is 1.78 bits per heavy atom. The summed E-state index contributed by atoms with van der Waals surface area (Å²) in [4.78, 5) is 16.3. The molecule has 0 amide bonds. The average molecular weight is 381 g/mol. The van der Waals surface area contributed by atoms with E-state index in [4.69, 9.17) is 16.3 Å². The van der Waals surface area contributed by atoms with E-state index in [9.17, 15) is 4.79 Å². The highest BCUT2D eigenvalue weighted by atomic mass is 35.5. The molecule has 0 saturated carbocycles. The topological polar surface area (TPSA) is 43.6 Å². The molecular formula is C22H21ClN2O2. The predicted molar refractivity (Wildman–Crippen MR) is 110 cm³/mol. The second-order valence-electron chi connectivity index (χ2n) is 6.16. The van der Waals surface area contributed by atoms with Crippen molar-refractivity contribution in [1.29, 1.82) is 0 Å². The smallest absolute Gasteiger partial charge is 0.338 e. The standard InChI is InChI=1S/C22H21ClN2O2/c1-4-27-22(26)17-5-11-21(12-6-17)25-15(2)13-18(16(25)3)14-24-20-9-7-19(23)8-10-20/h5-14H,4H2,1-3H3. The fourth-order valence-electron chi connectivity index (χ4n) is 2.95. The van der Waals surface area contributed by atoms with Gasteiger partial charge in [0.2, 0.25) is 0 Å². The van der Waals surface area contributed by atoms with Gasteiger partial charge in [0.15, 0.2) is 0 Å². The molecule has 27 heavy (non-hydrogen) atoms. The number of aromatic nitrogens is 1. The van der Waals surface area contributed by atoms with Crippen LogP contribution in [0.15, 0.2) is 59.6 Å². The fourth-order valence-corrected chi connectivity index (χ4v) is 3.07. The summed E-state index contributed by atoms with van der Waals surface area (Å²) in [5, 5.41) is 0.693. The molecule has 0 aliphatic rings. The highest BCUT2D eigenvalue weighted by Gasteiger charge is 2.11. The van der Waals surface area contributed by atoms with Crippen molar-refractivity contribution < 1.29 is 9.53 Å². The third-order valence-electron chi connectivity index (χ3n) is 4.29. The average Bonchev–Trinajstić information content (AvgIpc) is 2.95. The van der Waals surface area contributed by atoms with Crippen LogP contribution in [0.25, 0.3) is 5.69 Å². The first-order valence-electron chi connectivity index (χ1n) is 8.75. The second kappa shape index (κ2) is 8.23. The molecule has 0 fully saturated rings. The lowest BCUT2D eigenvalue weighted by Crippen LogP contribution is -2.05. The van der Waals surface area contributed by atoms with Crippen LogP contribution in [0.1, 0.15) is 34.2 Å². The third kappa shape index (κ3) is 4.29. The van der Waals surface area contributed by atoms with Crippen molar-refractivity contribution in [3.05, 3.63) is 82.1 Å². The molecule has 3 rings (SSSR count). The molecule has 3 aromatic rings. The van der Waals surface area contributed by atoms with E-state index in [0.29, 0.717) is 17.2 Å². The Balaban J connectivity index is 1.87. The SMILES string of the molecule is CCOC(=O)c1ccc(-n2c(C)cc(C=Nc3ccc(Cl)cc3)c2C)cc1. The van der Waals surface area contributed by atoms with Crippen LogP contribution in [0.4, 0.5) is 5.69 Å². The van der Waals surface area contributed by atoms with E-state index in [1.807, 2.05) is 49.5 Å². The van der Waals surface area contributed by atoms with Crippen LogP contribution in [0.3, 0.4) is 0 Å². The van der Waals surface area contributed by atoms with Crippen molar-refractivity contribution in [3.8, 4) is 5.69 Å². The largest absolute Gasteiger partial charge is 0.462 e. The number of ether oxygens (including phenoxy) is 1. The van der Waals surface area contributed by atoms with E-state index >= 15 is 0 Å². The molecule has 4 nitrogen and oxygen atoms in total. The van der Waals surface area contributed by atoms with Crippen LogP contribution in [0, 0.1) is 13.8 Å². The molecule has 0 aliphatic carbocycles. The zero-order valence-electron chi connectivity index (χ0n) is 15.6. The normalized spacial score (nSPS) is 11.1. The number of carbonyl (C=O) groups excluding carboxylic acids is 1. The molecular weight excluding hydrogens is 360 g/mol. The molecule has 0 aliphatic heterocycles. The Labute approximate surface area is 164 Å². The summed E-state index contributed by atoms with van der Waals surface area (Å²) in [7, 11) is 0. The quantitative estimate of drug-likeness (QED) is 0.422. The number of benzene rings is 2. The minimum Gasteiger partial charge on any atom is -0.462 e. The maximum Gasteiger partial charge on any atom is 0.338 e. The molecule has 1 heterocycles. The summed E-state index contributed by atoms with van der Waals surface area (Å²) in [6, 6.07) is 16.9. The summed E-state index contributed by atoms with van der Waals surface area (Å²) >= 11 is 5.91. The summed E-state index contributed by atoms with van der Waals surface area (Å²) in [5.74, 6) is -0.305. The number of halogens is 1. The predicted octanol–water partition coefficient (Wildman–Crippen LogP) is 5.67. The summed E-state index contributed by atoms with van der Waals surface area (Å²) in [6.45, 7) is 6.26. The van der Waals surface area contributed by atoms with Gasteiger partial charge in [-0.05, 0) is 75.4 Å². The van der Waals surface area contributed by atoms with Crippen molar-refractivity contribution in [3.63, 3.8) is 0 Å². The van der Waals surface area contributed by atoms with Crippen LogP contribution in [-0.2, 0) is 4.74 Å². The van der Waals surface area contributed by atoms with Crippen molar-refractivity contribution >= 4 is 29.5 Å². The van der Waals surface area contributed by atoms with Gasteiger partial charge in [-0.25, -0.2) is 4.79 Å². The van der Waals surface area contributed by atoms with Gasteiger partial charge in [0.25, 0.3) is 0 Å². The summed E-state index contributed by atoms with van der Waals surface area (Å²) in [5.41, 5.74) is 5.60. The number of carbonyl (C=O) groups is 1. The van der Waals surface area contributed by atoms with Gasteiger partial charge in [-0.3, -0.25) is 4.99 Å². The van der Waals surface area contributed by atoms with Crippen LogP contribution in [-0.4, -0.2) is 23.4 Å². The second-order valence-corrected chi connectivity index (χ2v) is 6.60. The van der Waals surface area contributed by atoms with Crippen molar-refractivity contribution in [2.75, 3.05) is 6.61 Å². The number of rotatable bonds is 5. The van der Waals surface area contributed by atoms with Crippen LogP contribution in [0.2, 0.25) is 5.02 Å². The molecule has 2 aromatic carbocycles. The van der Waals surface area contributed by atoms with Crippen LogP contribution < -0.4 is 0 Å². The van der Waals surface area contributed by atoms with E-state index in [2.05, 4.69) is 22.5 Å².